The molecule has 2 heterocycles. The lowest BCUT2D eigenvalue weighted by atomic mass is 9.90. The molecule has 1 aromatic heterocycles. The van der Waals surface area contributed by atoms with Crippen molar-refractivity contribution >= 4 is 0 Å². The van der Waals surface area contributed by atoms with Gasteiger partial charge in [-0.25, -0.2) is 0 Å². The minimum atomic E-state index is 0.360. The van der Waals surface area contributed by atoms with E-state index in [4.69, 9.17) is 4.74 Å². The van der Waals surface area contributed by atoms with Crippen molar-refractivity contribution in [1.82, 2.24) is 10.3 Å². The molecular weight excluding hydrogens is 200 g/mol. The second-order valence-electron chi connectivity index (χ2n) is 4.64. The number of aryl methyl sites for hydroxylation is 1. The first kappa shape index (κ1) is 11.6. The summed E-state index contributed by atoms with van der Waals surface area (Å²) in [5.41, 5.74) is 2.60. The summed E-state index contributed by atoms with van der Waals surface area (Å²) in [6.07, 6.45) is 5.33. The normalized spacial score (nSPS) is 26.9. The van der Waals surface area contributed by atoms with E-state index in [2.05, 4.69) is 30.2 Å². The Balaban J connectivity index is 2.19. The number of aromatic nitrogens is 1. The summed E-state index contributed by atoms with van der Waals surface area (Å²) in [5.74, 6) is 0.558. The topological polar surface area (TPSA) is 34.2 Å². The molecule has 1 N–H and O–H groups in total. The molecule has 3 nitrogen and oxygen atoms in total. The summed E-state index contributed by atoms with van der Waals surface area (Å²) in [5, 5.41) is 3.40. The van der Waals surface area contributed by atoms with E-state index in [1.165, 1.54) is 11.1 Å². The largest absolute Gasteiger partial charge is 0.378 e. The van der Waals surface area contributed by atoms with Crippen LogP contribution in [0, 0.1) is 12.8 Å². The quantitative estimate of drug-likeness (QED) is 0.846. The third-order valence-corrected chi connectivity index (χ3v) is 3.43. The molecule has 3 heteroatoms. The lowest BCUT2D eigenvalue weighted by molar-refractivity contribution is 0.117. The lowest BCUT2D eigenvalue weighted by Crippen LogP contribution is -2.26. The molecule has 16 heavy (non-hydrogen) atoms. The molecule has 88 valence electrons. The van der Waals surface area contributed by atoms with Gasteiger partial charge in [0.2, 0.25) is 0 Å². The summed E-state index contributed by atoms with van der Waals surface area (Å²) in [7, 11) is 2.01. The number of pyridine rings is 1. The second kappa shape index (κ2) is 4.93. The highest BCUT2D eigenvalue weighted by molar-refractivity contribution is 5.25. The monoisotopic (exact) mass is 220 g/mol. The van der Waals surface area contributed by atoms with Gasteiger partial charge in [-0.3, -0.25) is 4.98 Å². The zero-order valence-corrected chi connectivity index (χ0v) is 10.2. The first-order valence-corrected chi connectivity index (χ1v) is 5.91. The smallest absolute Gasteiger partial charge is 0.0551 e. The van der Waals surface area contributed by atoms with Crippen molar-refractivity contribution in [3.63, 3.8) is 0 Å². The molecule has 0 spiro atoms. The first-order valence-electron chi connectivity index (χ1n) is 5.91. The van der Waals surface area contributed by atoms with Gasteiger partial charge in [0.15, 0.2) is 0 Å². The Hall–Kier alpha value is -0.930. The van der Waals surface area contributed by atoms with E-state index in [0.717, 1.165) is 13.0 Å². The number of hydrogen-bond acceptors (Lipinski definition) is 3. The molecule has 2 rings (SSSR count). The molecule has 3 atom stereocenters. The highest BCUT2D eigenvalue weighted by atomic mass is 16.5. The Kier molecular flexibility index (Phi) is 3.56. The van der Waals surface area contributed by atoms with Crippen LogP contribution in [0.1, 0.15) is 30.5 Å². The van der Waals surface area contributed by atoms with Gasteiger partial charge in [-0.05, 0) is 44.5 Å². The molecular formula is C13H20N2O. The van der Waals surface area contributed by atoms with Crippen LogP contribution in [-0.4, -0.2) is 24.7 Å². The maximum absolute atomic E-state index is 5.65. The third kappa shape index (κ3) is 2.25. The van der Waals surface area contributed by atoms with Crippen molar-refractivity contribution in [2.45, 2.75) is 32.4 Å². The minimum Gasteiger partial charge on any atom is -0.378 e. The van der Waals surface area contributed by atoms with Gasteiger partial charge in [0.05, 0.1) is 12.7 Å². The zero-order chi connectivity index (χ0) is 11.5. The number of hydrogen-bond donors (Lipinski definition) is 1. The van der Waals surface area contributed by atoms with Gasteiger partial charge in [0.25, 0.3) is 0 Å². The van der Waals surface area contributed by atoms with Crippen LogP contribution in [0.4, 0.5) is 0 Å². The third-order valence-electron chi connectivity index (χ3n) is 3.43. The van der Waals surface area contributed by atoms with Gasteiger partial charge in [-0.2, -0.15) is 0 Å². The Labute approximate surface area is 97.2 Å². The molecule has 0 radical (unpaired) electrons. The second-order valence-corrected chi connectivity index (χ2v) is 4.64. The molecule has 1 aromatic rings. The summed E-state index contributed by atoms with van der Waals surface area (Å²) in [6.45, 7) is 5.13. The van der Waals surface area contributed by atoms with Gasteiger partial charge in [0.1, 0.15) is 0 Å². The maximum Gasteiger partial charge on any atom is 0.0551 e. The highest BCUT2D eigenvalue weighted by Gasteiger charge is 2.30. The molecule has 3 unspecified atom stereocenters. The average molecular weight is 220 g/mol. The van der Waals surface area contributed by atoms with Gasteiger partial charge in [0, 0.05) is 24.4 Å². The van der Waals surface area contributed by atoms with E-state index >= 15 is 0 Å². The van der Waals surface area contributed by atoms with E-state index in [9.17, 15) is 0 Å². The first-order chi connectivity index (χ1) is 7.72. The van der Waals surface area contributed by atoms with Crippen LogP contribution >= 0.6 is 0 Å². The van der Waals surface area contributed by atoms with Crippen LogP contribution in [0.2, 0.25) is 0 Å². The van der Waals surface area contributed by atoms with E-state index in [1.54, 1.807) is 0 Å². The summed E-state index contributed by atoms with van der Waals surface area (Å²) in [4.78, 5) is 4.22. The zero-order valence-electron chi connectivity index (χ0n) is 10.2. The minimum absolute atomic E-state index is 0.360. The fourth-order valence-electron chi connectivity index (χ4n) is 2.53. The molecule has 0 aliphatic carbocycles. The molecule has 1 saturated heterocycles. The number of rotatable bonds is 3. The molecule has 0 amide bonds. The van der Waals surface area contributed by atoms with Crippen molar-refractivity contribution in [3.8, 4) is 0 Å². The fourth-order valence-corrected chi connectivity index (χ4v) is 2.53. The molecule has 0 bridgehead atoms. The van der Waals surface area contributed by atoms with E-state index < -0.39 is 0 Å². The lowest BCUT2D eigenvalue weighted by Gasteiger charge is -2.23. The van der Waals surface area contributed by atoms with Crippen molar-refractivity contribution in [3.05, 3.63) is 29.6 Å². The van der Waals surface area contributed by atoms with Crippen molar-refractivity contribution < 1.29 is 4.74 Å². The molecule has 1 aliphatic rings. The highest BCUT2D eigenvalue weighted by Crippen LogP contribution is 2.32. The summed E-state index contributed by atoms with van der Waals surface area (Å²) in [6, 6.07) is 2.43. The predicted octanol–water partition coefficient (Wildman–Crippen LogP) is 2.08. The Morgan fingerprint density at radius 2 is 2.38 bits per heavy atom. The average Bonchev–Trinajstić information content (AvgIpc) is 2.69. The van der Waals surface area contributed by atoms with Gasteiger partial charge in [-0.15, -0.1) is 0 Å². The predicted molar refractivity (Wildman–Crippen MR) is 64.3 cm³/mol. The SMILES string of the molecule is CNC(c1cnccc1C)C1COC(C)C1. The fraction of sp³-hybridized carbons (Fsp3) is 0.615. The van der Waals surface area contributed by atoms with Crippen LogP contribution in [0.15, 0.2) is 18.5 Å². The molecule has 0 aromatic carbocycles. The summed E-state index contributed by atoms with van der Waals surface area (Å²) < 4.78 is 5.65. The molecule has 1 aliphatic heterocycles. The van der Waals surface area contributed by atoms with Gasteiger partial charge in [-0.1, -0.05) is 0 Å². The van der Waals surface area contributed by atoms with E-state index in [0.29, 0.717) is 18.1 Å². The van der Waals surface area contributed by atoms with Crippen molar-refractivity contribution in [2.24, 2.45) is 5.92 Å². The van der Waals surface area contributed by atoms with Crippen LogP contribution in [-0.2, 0) is 4.74 Å². The number of ether oxygens (including phenoxy) is 1. The number of nitrogens with zero attached hydrogens (tertiary/aromatic N) is 1. The Morgan fingerprint density at radius 3 is 2.94 bits per heavy atom. The van der Waals surface area contributed by atoms with Gasteiger partial charge >= 0.3 is 0 Å². The van der Waals surface area contributed by atoms with Crippen LogP contribution < -0.4 is 5.32 Å². The standard InChI is InChI=1S/C13H20N2O/c1-9-4-5-15-7-12(9)13(14-3)11-6-10(2)16-8-11/h4-5,7,10-11,13-14H,6,8H2,1-3H3. The van der Waals surface area contributed by atoms with Crippen LogP contribution in [0.5, 0.6) is 0 Å². The Morgan fingerprint density at radius 1 is 1.56 bits per heavy atom. The van der Waals surface area contributed by atoms with Crippen molar-refractivity contribution in [1.29, 1.82) is 0 Å². The van der Waals surface area contributed by atoms with Gasteiger partial charge < -0.3 is 10.1 Å². The summed E-state index contributed by atoms with van der Waals surface area (Å²) >= 11 is 0. The molecule has 1 fully saturated rings. The van der Waals surface area contributed by atoms with Crippen LogP contribution in [0.25, 0.3) is 0 Å². The number of nitrogens with one attached hydrogen (secondary N) is 1. The molecule has 0 saturated carbocycles. The maximum atomic E-state index is 5.65. The van der Waals surface area contributed by atoms with Crippen molar-refractivity contribution in [2.75, 3.05) is 13.7 Å². The van der Waals surface area contributed by atoms with Crippen LogP contribution in [0.3, 0.4) is 0 Å². The van der Waals surface area contributed by atoms with E-state index in [1.807, 2.05) is 19.4 Å². The van der Waals surface area contributed by atoms with E-state index in [-0.39, 0.29) is 0 Å². The Bertz CT molecular complexity index is 354.